The van der Waals surface area contributed by atoms with Gasteiger partial charge in [-0.3, -0.25) is 4.79 Å². The first-order chi connectivity index (χ1) is 7.41. The van der Waals surface area contributed by atoms with Gasteiger partial charge < -0.3 is 21.3 Å². The van der Waals surface area contributed by atoms with Crippen LogP contribution in [0.3, 0.4) is 0 Å². The summed E-state index contributed by atoms with van der Waals surface area (Å²) >= 11 is 4.71. The van der Waals surface area contributed by atoms with Crippen LogP contribution in [0.15, 0.2) is 18.2 Å². The lowest BCUT2D eigenvalue weighted by molar-refractivity contribution is 0.0949. The Bertz CT molecular complexity index is 434. The molecule has 5 nitrogen and oxygen atoms in total. The minimum absolute atomic E-state index is 0.177. The Labute approximate surface area is 97.9 Å². The molecule has 6 heteroatoms. The van der Waals surface area contributed by atoms with Crippen LogP contribution in [-0.2, 0) is 0 Å². The Morgan fingerprint density at radius 2 is 2.06 bits per heavy atom. The zero-order chi connectivity index (χ0) is 12.3. The average Bonchev–Trinajstić information content (AvgIpc) is 2.21. The van der Waals surface area contributed by atoms with Gasteiger partial charge in [-0.15, -0.1) is 0 Å². The van der Waals surface area contributed by atoms with Gasteiger partial charge >= 0.3 is 0 Å². The summed E-state index contributed by atoms with van der Waals surface area (Å²) in [6, 6.07) is 3.35. The second-order valence-electron chi connectivity index (χ2n) is 3.30. The predicted molar refractivity (Wildman–Crippen MR) is 63.5 cm³/mol. The van der Waals surface area contributed by atoms with Crippen molar-refractivity contribution in [2.75, 3.05) is 0 Å². The monoisotopic (exact) mass is 240 g/mol. The molecule has 0 aliphatic rings. The smallest absolute Gasteiger partial charge is 0.251 e. The fraction of sp³-hybridized carbons (Fsp3) is 0.200. The third-order valence-electron chi connectivity index (χ3n) is 2.01. The SMILES string of the molecule is CC(NC(=O)c1ccc(O)c(O)c1)C(N)=S. The second-order valence-corrected chi connectivity index (χ2v) is 3.77. The summed E-state index contributed by atoms with van der Waals surface area (Å²) in [6.45, 7) is 1.65. The fourth-order valence-corrected chi connectivity index (χ4v) is 1.07. The number of carbonyl (C=O) groups excluding carboxylic acids is 1. The zero-order valence-electron chi connectivity index (χ0n) is 8.60. The van der Waals surface area contributed by atoms with E-state index in [1.165, 1.54) is 12.1 Å². The van der Waals surface area contributed by atoms with Crippen LogP contribution in [0.1, 0.15) is 17.3 Å². The maximum absolute atomic E-state index is 11.6. The maximum atomic E-state index is 11.6. The van der Waals surface area contributed by atoms with E-state index in [4.69, 9.17) is 23.1 Å². The standard InChI is InChI=1S/C10H12N2O3S/c1-5(9(11)16)12-10(15)6-2-3-7(13)8(14)4-6/h2-5,13-14H,1H3,(H2,11,16)(H,12,15). The summed E-state index contributed by atoms with van der Waals surface area (Å²) in [5, 5.41) is 20.8. The van der Waals surface area contributed by atoms with Crippen LogP contribution in [0.25, 0.3) is 0 Å². The lowest BCUT2D eigenvalue weighted by Gasteiger charge is -2.12. The normalized spacial score (nSPS) is 11.8. The van der Waals surface area contributed by atoms with E-state index >= 15 is 0 Å². The number of benzene rings is 1. The first-order valence-corrected chi connectivity index (χ1v) is 4.95. The summed E-state index contributed by atoms with van der Waals surface area (Å²) in [5.74, 6) is -1.05. The van der Waals surface area contributed by atoms with Gasteiger partial charge in [0.15, 0.2) is 11.5 Å². The molecule has 86 valence electrons. The molecular formula is C10H12N2O3S. The minimum atomic E-state index is -0.432. The Balaban J connectivity index is 2.81. The van der Waals surface area contributed by atoms with Gasteiger partial charge in [0.05, 0.1) is 11.0 Å². The summed E-state index contributed by atoms with van der Waals surface area (Å²) in [6.07, 6.45) is 0. The fourth-order valence-electron chi connectivity index (χ4n) is 1.02. The first kappa shape index (κ1) is 12.3. The molecular weight excluding hydrogens is 228 g/mol. The molecule has 0 aliphatic heterocycles. The number of hydrogen-bond acceptors (Lipinski definition) is 4. The van der Waals surface area contributed by atoms with Crippen LogP contribution in [0.2, 0.25) is 0 Å². The number of nitrogens with two attached hydrogens (primary N) is 1. The van der Waals surface area contributed by atoms with E-state index in [0.29, 0.717) is 0 Å². The number of thiocarbonyl (C=S) groups is 1. The Hall–Kier alpha value is -1.82. The lowest BCUT2D eigenvalue weighted by atomic mass is 10.2. The van der Waals surface area contributed by atoms with Gasteiger partial charge in [-0.2, -0.15) is 0 Å². The largest absolute Gasteiger partial charge is 0.504 e. The van der Waals surface area contributed by atoms with E-state index in [9.17, 15) is 9.90 Å². The van der Waals surface area contributed by atoms with Crippen LogP contribution in [0.4, 0.5) is 0 Å². The van der Waals surface area contributed by atoms with Crippen LogP contribution in [0.5, 0.6) is 11.5 Å². The quantitative estimate of drug-likeness (QED) is 0.456. The van der Waals surface area contributed by atoms with Crippen molar-refractivity contribution < 1.29 is 15.0 Å². The van der Waals surface area contributed by atoms with Crippen LogP contribution >= 0.6 is 12.2 Å². The Morgan fingerprint density at radius 1 is 1.44 bits per heavy atom. The van der Waals surface area contributed by atoms with E-state index in [2.05, 4.69) is 5.32 Å². The van der Waals surface area contributed by atoms with Crippen molar-refractivity contribution in [3.05, 3.63) is 23.8 Å². The Morgan fingerprint density at radius 3 is 2.56 bits per heavy atom. The highest BCUT2D eigenvalue weighted by Gasteiger charge is 2.12. The van der Waals surface area contributed by atoms with E-state index in [1.54, 1.807) is 6.92 Å². The molecule has 0 spiro atoms. The number of phenolic OH excluding ortho intramolecular Hbond substituents is 2. The van der Waals surface area contributed by atoms with E-state index < -0.39 is 11.9 Å². The van der Waals surface area contributed by atoms with E-state index in [1.807, 2.05) is 0 Å². The molecule has 0 saturated carbocycles. The van der Waals surface area contributed by atoms with E-state index in [0.717, 1.165) is 6.07 Å². The predicted octanol–water partition coefficient (Wildman–Crippen LogP) is 0.502. The number of phenols is 2. The number of carbonyl (C=O) groups is 1. The summed E-state index contributed by atoms with van der Waals surface area (Å²) < 4.78 is 0. The molecule has 16 heavy (non-hydrogen) atoms. The Kier molecular flexibility index (Phi) is 3.68. The highest BCUT2D eigenvalue weighted by Crippen LogP contribution is 2.24. The molecule has 0 radical (unpaired) electrons. The average molecular weight is 240 g/mol. The van der Waals surface area contributed by atoms with E-state index in [-0.39, 0.29) is 22.1 Å². The number of hydrogen-bond donors (Lipinski definition) is 4. The highest BCUT2D eigenvalue weighted by molar-refractivity contribution is 7.80. The molecule has 1 atom stereocenters. The minimum Gasteiger partial charge on any atom is -0.504 e. The summed E-state index contributed by atoms with van der Waals surface area (Å²) in [5.41, 5.74) is 5.56. The lowest BCUT2D eigenvalue weighted by Crippen LogP contribution is -2.41. The number of amides is 1. The second kappa shape index (κ2) is 4.80. The molecule has 1 aromatic rings. The summed E-state index contributed by atoms with van der Waals surface area (Å²) in [7, 11) is 0. The molecule has 1 rings (SSSR count). The molecule has 5 N–H and O–H groups in total. The molecule has 0 heterocycles. The maximum Gasteiger partial charge on any atom is 0.251 e. The first-order valence-electron chi connectivity index (χ1n) is 4.54. The van der Waals surface area contributed by atoms with Crippen molar-refractivity contribution in [3.63, 3.8) is 0 Å². The number of nitrogens with one attached hydrogen (secondary N) is 1. The van der Waals surface area contributed by atoms with Crippen molar-refractivity contribution >= 4 is 23.1 Å². The molecule has 0 fully saturated rings. The van der Waals surface area contributed by atoms with Gasteiger partial charge in [0.1, 0.15) is 0 Å². The van der Waals surface area contributed by atoms with Gasteiger partial charge in [-0.25, -0.2) is 0 Å². The van der Waals surface area contributed by atoms with Crippen molar-refractivity contribution in [1.82, 2.24) is 5.32 Å². The molecule has 0 aliphatic carbocycles. The van der Waals surface area contributed by atoms with Gasteiger partial charge in [0, 0.05) is 5.56 Å². The van der Waals surface area contributed by atoms with Crippen molar-refractivity contribution in [2.24, 2.45) is 5.73 Å². The number of aromatic hydroxyl groups is 2. The van der Waals surface area contributed by atoms with Gasteiger partial charge in [-0.1, -0.05) is 12.2 Å². The topological polar surface area (TPSA) is 95.6 Å². The van der Waals surface area contributed by atoms with Gasteiger partial charge in [0.2, 0.25) is 0 Å². The molecule has 1 amide bonds. The molecule has 1 aromatic carbocycles. The summed E-state index contributed by atoms with van der Waals surface area (Å²) in [4.78, 5) is 11.8. The van der Waals surface area contributed by atoms with Crippen LogP contribution in [0, 0.1) is 0 Å². The van der Waals surface area contributed by atoms with Gasteiger partial charge in [-0.05, 0) is 25.1 Å². The van der Waals surface area contributed by atoms with Crippen molar-refractivity contribution in [2.45, 2.75) is 13.0 Å². The zero-order valence-corrected chi connectivity index (χ0v) is 9.41. The van der Waals surface area contributed by atoms with Gasteiger partial charge in [0.25, 0.3) is 5.91 Å². The molecule has 1 unspecified atom stereocenters. The van der Waals surface area contributed by atoms with Crippen LogP contribution in [-0.4, -0.2) is 27.2 Å². The molecule has 0 bridgehead atoms. The third kappa shape index (κ3) is 2.83. The molecule has 0 saturated heterocycles. The number of rotatable bonds is 3. The van der Waals surface area contributed by atoms with Crippen molar-refractivity contribution in [3.8, 4) is 11.5 Å². The van der Waals surface area contributed by atoms with Crippen molar-refractivity contribution in [1.29, 1.82) is 0 Å². The highest BCUT2D eigenvalue weighted by atomic mass is 32.1. The third-order valence-corrected chi connectivity index (χ3v) is 2.37. The molecule has 0 aromatic heterocycles. The van der Waals surface area contributed by atoms with Crippen LogP contribution < -0.4 is 11.1 Å².